The minimum Gasteiger partial charge on any atom is -0.397 e. The minimum absolute atomic E-state index is 0.357. The van der Waals surface area contributed by atoms with E-state index in [0.29, 0.717) is 11.5 Å². The number of nitrogen functional groups attached to an aromatic ring is 1. The Morgan fingerprint density at radius 3 is 2.89 bits per heavy atom. The number of hydrogen-bond acceptors (Lipinski definition) is 3. The van der Waals surface area contributed by atoms with Gasteiger partial charge in [0, 0.05) is 23.3 Å². The summed E-state index contributed by atoms with van der Waals surface area (Å²) in [5.41, 5.74) is 9.14. The highest BCUT2D eigenvalue weighted by Gasteiger charge is 2.34. The van der Waals surface area contributed by atoms with E-state index < -0.39 is 0 Å². The molecule has 0 spiro atoms. The predicted octanol–water partition coefficient (Wildman–Crippen LogP) is 3.81. The van der Waals surface area contributed by atoms with Crippen molar-refractivity contribution in [1.29, 1.82) is 0 Å². The number of hydrogen-bond donors (Lipinski definition) is 2. The van der Waals surface area contributed by atoms with Crippen LogP contribution in [-0.4, -0.2) is 11.0 Å². The van der Waals surface area contributed by atoms with E-state index in [1.54, 1.807) is 6.20 Å². The monoisotopic (exact) mass is 255 g/mol. The number of fused-ring (bicyclic) bond motifs is 1. The lowest BCUT2D eigenvalue weighted by Crippen LogP contribution is -2.30. The average molecular weight is 255 g/mol. The molecule has 0 amide bonds. The average Bonchev–Trinajstić information content (AvgIpc) is 2.72. The Morgan fingerprint density at radius 1 is 1.32 bits per heavy atom. The predicted molar refractivity (Wildman–Crippen MR) is 81.2 cm³/mol. The van der Waals surface area contributed by atoms with Crippen LogP contribution in [-0.2, 0) is 0 Å². The summed E-state index contributed by atoms with van der Waals surface area (Å²) in [7, 11) is 0. The van der Waals surface area contributed by atoms with Crippen LogP contribution in [0.5, 0.6) is 0 Å². The maximum Gasteiger partial charge on any atom is 0.0951 e. The Kier molecular flexibility index (Phi) is 2.85. The van der Waals surface area contributed by atoms with E-state index in [0.717, 1.165) is 22.3 Å². The Labute approximate surface area is 114 Å². The zero-order valence-electron chi connectivity index (χ0n) is 11.6. The van der Waals surface area contributed by atoms with E-state index >= 15 is 0 Å². The van der Waals surface area contributed by atoms with Crippen molar-refractivity contribution < 1.29 is 0 Å². The van der Waals surface area contributed by atoms with Gasteiger partial charge in [-0.2, -0.15) is 0 Å². The number of benzene rings is 1. The molecule has 3 rings (SSSR count). The summed E-state index contributed by atoms with van der Waals surface area (Å²) in [6.07, 6.45) is 5.62. The highest BCUT2D eigenvalue weighted by molar-refractivity contribution is 5.98. The van der Waals surface area contributed by atoms with Crippen molar-refractivity contribution in [2.24, 2.45) is 5.41 Å². The first-order valence-electron chi connectivity index (χ1n) is 6.98. The number of pyridine rings is 1. The lowest BCUT2D eigenvalue weighted by atomic mass is 9.87. The zero-order chi connectivity index (χ0) is 13.5. The fourth-order valence-electron chi connectivity index (χ4n) is 3.10. The molecule has 1 unspecified atom stereocenters. The summed E-state index contributed by atoms with van der Waals surface area (Å²) in [6, 6.07) is 8.60. The zero-order valence-corrected chi connectivity index (χ0v) is 11.6. The van der Waals surface area contributed by atoms with Crippen molar-refractivity contribution in [1.82, 2.24) is 4.98 Å². The second-order valence-corrected chi connectivity index (χ2v) is 6.18. The highest BCUT2D eigenvalue weighted by atomic mass is 14.9. The Bertz CT molecular complexity index is 604. The van der Waals surface area contributed by atoms with Gasteiger partial charge in [0.2, 0.25) is 0 Å². The molecule has 0 saturated heterocycles. The summed E-state index contributed by atoms with van der Waals surface area (Å²) < 4.78 is 0. The smallest absolute Gasteiger partial charge is 0.0951 e. The number of anilines is 2. The van der Waals surface area contributed by atoms with Crippen LogP contribution >= 0.6 is 0 Å². The molecule has 1 aromatic heterocycles. The lowest BCUT2D eigenvalue weighted by molar-refractivity contribution is 0.350. The van der Waals surface area contributed by atoms with Crippen LogP contribution in [0.25, 0.3) is 10.9 Å². The van der Waals surface area contributed by atoms with Gasteiger partial charge < -0.3 is 11.1 Å². The third kappa shape index (κ3) is 2.14. The quantitative estimate of drug-likeness (QED) is 0.802. The number of nitrogens with two attached hydrogens (primary N) is 1. The van der Waals surface area contributed by atoms with Gasteiger partial charge in [0.25, 0.3) is 0 Å². The van der Waals surface area contributed by atoms with Gasteiger partial charge >= 0.3 is 0 Å². The summed E-state index contributed by atoms with van der Waals surface area (Å²) in [6.45, 7) is 4.69. The van der Waals surface area contributed by atoms with Gasteiger partial charge in [-0.3, -0.25) is 4.98 Å². The number of nitrogens with one attached hydrogen (secondary N) is 1. The molecule has 3 heteroatoms. The van der Waals surface area contributed by atoms with Crippen LogP contribution in [0.2, 0.25) is 0 Å². The van der Waals surface area contributed by atoms with Crippen molar-refractivity contribution in [3.05, 3.63) is 30.5 Å². The molecule has 1 aliphatic carbocycles. The number of nitrogens with zero attached hydrogens (tertiary/aromatic N) is 1. The first-order valence-corrected chi connectivity index (χ1v) is 6.98. The van der Waals surface area contributed by atoms with Gasteiger partial charge in [-0.05, 0) is 42.5 Å². The maximum atomic E-state index is 6.00. The van der Waals surface area contributed by atoms with Crippen LogP contribution in [0.15, 0.2) is 30.5 Å². The highest BCUT2D eigenvalue weighted by Crippen LogP contribution is 2.40. The van der Waals surface area contributed by atoms with Crippen molar-refractivity contribution >= 4 is 22.3 Å². The van der Waals surface area contributed by atoms with Crippen molar-refractivity contribution in [3.8, 4) is 0 Å². The van der Waals surface area contributed by atoms with Gasteiger partial charge in [-0.1, -0.05) is 20.3 Å². The third-order valence-corrected chi connectivity index (χ3v) is 4.39. The van der Waals surface area contributed by atoms with Crippen LogP contribution in [0.3, 0.4) is 0 Å². The topological polar surface area (TPSA) is 50.9 Å². The van der Waals surface area contributed by atoms with E-state index in [1.807, 2.05) is 12.1 Å². The van der Waals surface area contributed by atoms with Gasteiger partial charge in [-0.25, -0.2) is 0 Å². The van der Waals surface area contributed by atoms with E-state index in [2.05, 4.69) is 36.3 Å². The molecule has 1 aromatic carbocycles. The van der Waals surface area contributed by atoms with E-state index in [-0.39, 0.29) is 0 Å². The molecule has 0 radical (unpaired) electrons. The molecule has 1 aliphatic rings. The number of rotatable bonds is 2. The van der Waals surface area contributed by atoms with E-state index in [1.165, 1.54) is 19.3 Å². The molecule has 3 nitrogen and oxygen atoms in total. The first-order chi connectivity index (χ1) is 9.08. The molecule has 1 fully saturated rings. The SMILES string of the molecule is CC1(C)CCCC1Nc1ccc(N)c2ncccc12. The van der Waals surface area contributed by atoms with Crippen molar-refractivity contribution in [3.63, 3.8) is 0 Å². The first kappa shape index (κ1) is 12.3. The lowest BCUT2D eigenvalue weighted by Gasteiger charge is -2.29. The summed E-state index contributed by atoms with van der Waals surface area (Å²) in [5, 5.41) is 4.82. The Hall–Kier alpha value is -1.77. The molecule has 2 aromatic rings. The van der Waals surface area contributed by atoms with E-state index in [4.69, 9.17) is 5.73 Å². The summed E-state index contributed by atoms with van der Waals surface area (Å²) in [5.74, 6) is 0. The standard InChI is InChI=1S/C16H21N3/c1-16(2)9-3-6-14(16)19-13-8-7-12(17)15-11(13)5-4-10-18-15/h4-5,7-8,10,14,19H,3,6,9,17H2,1-2H3. The molecular weight excluding hydrogens is 234 g/mol. The van der Waals surface area contributed by atoms with Crippen molar-refractivity contribution in [2.75, 3.05) is 11.1 Å². The second-order valence-electron chi connectivity index (χ2n) is 6.18. The van der Waals surface area contributed by atoms with Gasteiger partial charge in [-0.15, -0.1) is 0 Å². The summed E-state index contributed by atoms with van der Waals surface area (Å²) >= 11 is 0. The minimum atomic E-state index is 0.357. The van der Waals surface area contributed by atoms with Crippen LogP contribution in [0.4, 0.5) is 11.4 Å². The summed E-state index contributed by atoms with van der Waals surface area (Å²) in [4.78, 5) is 4.39. The Morgan fingerprint density at radius 2 is 2.16 bits per heavy atom. The van der Waals surface area contributed by atoms with Crippen LogP contribution < -0.4 is 11.1 Å². The second kappa shape index (κ2) is 4.41. The number of aromatic nitrogens is 1. The molecule has 1 atom stereocenters. The molecule has 19 heavy (non-hydrogen) atoms. The molecule has 0 aliphatic heterocycles. The van der Waals surface area contributed by atoms with E-state index in [9.17, 15) is 0 Å². The molecule has 0 bridgehead atoms. The van der Waals surface area contributed by atoms with Crippen LogP contribution in [0.1, 0.15) is 33.1 Å². The van der Waals surface area contributed by atoms with Gasteiger partial charge in [0.05, 0.1) is 11.2 Å². The Balaban J connectivity index is 2.00. The maximum absolute atomic E-state index is 6.00. The largest absolute Gasteiger partial charge is 0.397 e. The fraction of sp³-hybridized carbons (Fsp3) is 0.438. The van der Waals surface area contributed by atoms with Crippen molar-refractivity contribution in [2.45, 2.75) is 39.2 Å². The molecule has 1 saturated carbocycles. The molecule has 3 N–H and O–H groups in total. The molecular formula is C16H21N3. The normalized spacial score (nSPS) is 21.7. The van der Waals surface area contributed by atoms with Gasteiger partial charge in [0.15, 0.2) is 0 Å². The molecule has 1 heterocycles. The molecule has 100 valence electrons. The fourth-order valence-corrected chi connectivity index (χ4v) is 3.10. The van der Waals surface area contributed by atoms with Crippen LogP contribution in [0, 0.1) is 5.41 Å². The van der Waals surface area contributed by atoms with Gasteiger partial charge in [0.1, 0.15) is 0 Å². The third-order valence-electron chi connectivity index (χ3n) is 4.39.